The molecule has 0 radical (unpaired) electrons. The smallest absolute Gasteiger partial charge is 0.231 e. The Balaban J connectivity index is 2.19. The molecule has 0 aromatic carbocycles. The number of nitrogens with zero attached hydrogens (tertiary/aromatic N) is 2. The van der Waals surface area contributed by atoms with Crippen LogP contribution in [0, 0.1) is 0 Å². The number of nitrogens with one attached hydrogen (secondary N) is 1. The third-order valence-electron chi connectivity index (χ3n) is 4.28. The van der Waals surface area contributed by atoms with Gasteiger partial charge in [0.2, 0.25) is 11.7 Å². The van der Waals surface area contributed by atoms with E-state index in [1.807, 2.05) is 14.0 Å². The highest BCUT2D eigenvalue weighted by molar-refractivity contribution is 5.06. The topological polar surface area (TPSA) is 60.2 Å². The van der Waals surface area contributed by atoms with Crippen LogP contribution in [-0.2, 0) is 10.3 Å². The minimum atomic E-state index is -0.306. The SMILES string of the molecule is CCOC1(c2noc(C(C)C(C)NC)n2)CCCC1. The highest BCUT2D eigenvalue weighted by Crippen LogP contribution is 2.41. The van der Waals surface area contributed by atoms with Crippen LogP contribution in [0.1, 0.15) is 64.1 Å². The van der Waals surface area contributed by atoms with Crippen molar-refractivity contribution in [2.24, 2.45) is 0 Å². The second kappa shape index (κ2) is 6.01. The van der Waals surface area contributed by atoms with Gasteiger partial charge in [0.25, 0.3) is 0 Å². The first-order chi connectivity index (χ1) is 9.13. The molecule has 108 valence electrons. The number of likely N-dealkylation sites (N-methyl/N-ethyl adjacent to an activating group) is 1. The van der Waals surface area contributed by atoms with E-state index in [2.05, 4.69) is 29.3 Å². The molecule has 1 aromatic heterocycles. The van der Waals surface area contributed by atoms with Gasteiger partial charge in [-0.3, -0.25) is 0 Å². The molecule has 2 atom stereocenters. The predicted octanol–water partition coefficient (Wildman–Crippen LogP) is 2.59. The molecule has 1 N–H and O–H groups in total. The van der Waals surface area contributed by atoms with Crippen LogP contribution < -0.4 is 5.32 Å². The molecule has 1 heterocycles. The van der Waals surface area contributed by atoms with Crippen LogP contribution in [0.2, 0.25) is 0 Å². The number of hydrogen-bond acceptors (Lipinski definition) is 5. The van der Waals surface area contributed by atoms with Crippen LogP contribution in [0.25, 0.3) is 0 Å². The van der Waals surface area contributed by atoms with Gasteiger partial charge in [-0.05, 0) is 46.6 Å². The van der Waals surface area contributed by atoms with Crippen LogP contribution in [0.3, 0.4) is 0 Å². The van der Waals surface area contributed by atoms with Crippen molar-refractivity contribution in [2.75, 3.05) is 13.7 Å². The molecule has 0 bridgehead atoms. The second-order valence-electron chi connectivity index (χ2n) is 5.46. The fourth-order valence-corrected chi connectivity index (χ4v) is 2.72. The molecule has 1 fully saturated rings. The van der Waals surface area contributed by atoms with Gasteiger partial charge in [0, 0.05) is 12.6 Å². The molecule has 0 saturated heterocycles. The average Bonchev–Trinajstić information content (AvgIpc) is 3.06. The molecule has 0 spiro atoms. The minimum absolute atomic E-state index is 0.200. The molecule has 19 heavy (non-hydrogen) atoms. The minimum Gasteiger partial charge on any atom is -0.367 e. The van der Waals surface area contributed by atoms with Gasteiger partial charge in [0.15, 0.2) is 0 Å². The summed E-state index contributed by atoms with van der Waals surface area (Å²) in [6, 6.07) is 0.305. The van der Waals surface area contributed by atoms with Gasteiger partial charge in [0.05, 0.1) is 5.92 Å². The van der Waals surface area contributed by atoms with E-state index >= 15 is 0 Å². The third-order valence-corrected chi connectivity index (χ3v) is 4.28. The summed E-state index contributed by atoms with van der Waals surface area (Å²) >= 11 is 0. The Bertz CT molecular complexity index is 399. The quantitative estimate of drug-likeness (QED) is 0.858. The molecular weight excluding hydrogens is 242 g/mol. The Hall–Kier alpha value is -0.940. The lowest BCUT2D eigenvalue weighted by molar-refractivity contribution is -0.0469. The molecule has 5 heteroatoms. The van der Waals surface area contributed by atoms with Gasteiger partial charge in [0.1, 0.15) is 5.60 Å². The lowest BCUT2D eigenvalue weighted by Crippen LogP contribution is -2.29. The first-order valence-electron chi connectivity index (χ1n) is 7.28. The summed E-state index contributed by atoms with van der Waals surface area (Å²) in [6.07, 6.45) is 4.34. The van der Waals surface area contributed by atoms with E-state index in [0.717, 1.165) is 18.7 Å². The Labute approximate surface area is 115 Å². The third kappa shape index (κ3) is 2.82. The van der Waals surface area contributed by atoms with Gasteiger partial charge in [-0.2, -0.15) is 4.98 Å². The summed E-state index contributed by atoms with van der Waals surface area (Å²) in [7, 11) is 1.94. The van der Waals surface area contributed by atoms with E-state index in [4.69, 9.17) is 9.26 Å². The summed E-state index contributed by atoms with van der Waals surface area (Å²) in [5.74, 6) is 1.63. The van der Waals surface area contributed by atoms with Crippen molar-refractivity contribution in [2.45, 2.75) is 64.0 Å². The molecule has 1 aliphatic carbocycles. The molecule has 0 amide bonds. The van der Waals surface area contributed by atoms with E-state index in [9.17, 15) is 0 Å². The first-order valence-corrected chi connectivity index (χ1v) is 7.28. The molecule has 5 nitrogen and oxygen atoms in total. The van der Waals surface area contributed by atoms with E-state index in [0.29, 0.717) is 18.5 Å². The molecule has 2 unspecified atom stereocenters. The maximum Gasteiger partial charge on any atom is 0.231 e. The lowest BCUT2D eigenvalue weighted by atomic mass is 10.0. The Morgan fingerprint density at radius 3 is 2.63 bits per heavy atom. The van der Waals surface area contributed by atoms with E-state index in [1.165, 1.54) is 12.8 Å². The summed E-state index contributed by atoms with van der Waals surface area (Å²) < 4.78 is 11.4. The summed E-state index contributed by atoms with van der Waals surface area (Å²) in [5.41, 5.74) is -0.306. The summed E-state index contributed by atoms with van der Waals surface area (Å²) in [6.45, 7) is 6.92. The van der Waals surface area contributed by atoms with Crippen molar-refractivity contribution in [1.82, 2.24) is 15.5 Å². The standard InChI is InChI=1S/C14H25N3O2/c1-5-18-14(8-6-7-9-14)13-16-12(19-17-13)10(2)11(3)15-4/h10-11,15H,5-9H2,1-4H3. The van der Waals surface area contributed by atoms with Crippen LogP contribution >= 0.6 is 0 Å². The van der Waals surface area contributed by atoms with Gasteiger partial charge in [-0.25, -0.2) is 0 Å². The highest BCUT2D eigenvalue weighted by atomic mass is 16.5. The highest BCUT2D eigenvalue weighted by Gasteiger charge is 2.41. The molecule has 1 aliphatic rings. The zero-order valence-electron chi connectivity index (χ0n) is 12.4. The van der Waals surface area contributed by atoms with E-state index in [1.54, 1.807) is 0 Å². The van der Waals surface area contributed by atoms with Gasteiger partial charge < -0.3 is 14.6 Å². The van der Waals surface area contributed by atoms with Crippen LogP contribution in [0.5, 0.6) is 0 Å². The molecule has 1 aromatic rings. The van der Waals surface area contributed by atoms with Gasteiger partial charge in [-0.1, -0.05) is 12.1 Å². The normalized spacial score (nSPS) is 21.5. The van der Waals surface area contributed by atoms with Crippen LogP contribution in [-0.4, -0.2) is 29.8 Å². The monoisotopic (exact) mass is 267 g/mol. The zero-order valence-corrected chi connectivity index (χ0v) is 12.4. The Morgan fingerprint density at radius 1 is 1.37 bits per heavy atom. The molecule has 2 rings (SSSR count). The summed E-state index contributed by atoms with van der Waals surface area (Å²) in [5, 5.41) is 7.41. The van der Waals surface area contributed by atoms with Crippen molar-refractivity contribution in [3.05, 3.63) is 11.7 Å². The van der Waals surface area contributed by atoms with Crippen LogP contribution in [0.15, 0.2) is 4.52 Å². The van der Waals surface area contributed by atoms with Crippen molar-refractivity contribution >= 4 is 0 Å². The van der Waals surface area contributed by atoms with Crippen molar-refractivity contribution in [3.8, 4) is 0 Å². The molecule has 0 aliphatic heterocycles. The van der Waals surface area contributed by atoms with Crippen molar-refractivity contribution in [1.29, 1.82) is 0 Å². The summed E-state index contributed by atoms with van der Waals surface area (Å²) in [4.78, 5) is 4.61. The first kappa shape index (κ1) is 14.5. The largest absolute Gasteiger partial charge is 0.367 e. The number of rotatable bonds is 6. The van der Waals surface area contributed by atoms with Crippen molar-refractivity contribution < 1.29 is 9.26 Å². The number of ether oxygens (including phenoxy) is 1. The predicted molar refractivity (Wildman–Crippen MR) is 73.0 cm³/mol. The van der Waals surface area contributed by atoms with Crippen molar-refractivity contribution in [3.63, 3.8) is 0 Å². The van der Waals surface area contributed by atoms with Gasteiger partial charge in [-0.15, -0.1) is 0 Å². The Morgan fingerprint density at radius 2 is 2.05 bits per heavy atom. The van der Waals surface area contributed by atoms with E-state index in [-0.39, 0.29) is 11.5 Å². The van der Waals surface area contributed by atoms with Crippen LogP contribution in [0.4, 0.5) is 0 Å². The van der Waals surface area contributed by atoms with Gasteiger partial charge >= 0.3 is 0 Å². The number of aromatic nitrogens is 2. The maximum atomic E-state index is 5.96. The molecular formula is C14H25N3O2. The number of hydrogen-bond donors (Lipinski definition) is 1. The van der Waals surface area contributed by atoms with E-state index < -0.39 is 0 Å². The zero-order chi connectivity index (χ0) is 13.9. The molecule has 1 saturated carbocycles. The fourth-order valence-electron chi connectivity index (χ4n) is 2.72. The lowest BCUT2D eigenvalue weighted by Gasteiger charge is -2.24. The Kier molecular flexibility index (Phi) is 4.58. The second-order valence-corrected chi connectivity index (χ2v) is 5.46. The average molecular weight is 267 g/mol. The fraction of sp³-hybridized carbons (Fsp3) is 0.857. The maximum absolute atomic E-state index is 5.96.